The van der Waals surface area contributed by atoms with E-state index < -0.39 is 0 Å². The highest BCUT2D eigenvalue weighted by Crippen LogP contribution is 2.53. The molecule has 3 aliphatic rings. The van der Waals surface area contributed by atoms with Crippen molar-refractivity contribution < 1.29 is 9.47 Å². The van der Waals surface area contributed by atoms with Crippen LogP contribution in [-0.2, 0) is 12.8 Å². The Morgan fingerprint density at radius 2 is 2.04 bits per heavy atom. The van der Waals surface area contributed by atoms with E-state index >= 15 is 0 Å². The molecule has 3 nitrogen and oxygen atoms in total. The summed E-state index contributed by atoms with van der Waals surface area (Å²) in [6.45, 7) is 4.93. The summed E-state index contributed by atoms with van der Waals surface area (Å²) in [5.41, 5.74) is 7.01. The van der Waals surface area contributed by atoms with E-state index in [1.54, 1.807) is 0 Å². The largest absolute Gasteiger partial charge is 0.454 e. The van der Waals surface area contributed by atoms with E-state index in [0.29, 0.717) is 12.8 Å². The van der Waals surface area contributed by atoms with Gasteiger partial charge in [0.05, 0.1) is 0 Å². The van der Waals surface area contributed by atoms with Crippen molar-refractivity contribution >= 4 is 12.4 Å². The van der Waals surface area contributed by atoms with Crippen LogP contribution in [0.4, 0.5) is 0 Å². The molecular weight excluding hydrogens is 322 g/mol. The lowest BCUT2D eigenvalue weighted by atomic mass is 9.76. The number of ether oxygens (including phenoxy) is 2. The van der Waals surface area contributed by atoms with Crippen LogP contribution in [0.3, 0.4) is 0 Å². The van der Waals surface area contributed by atoms with Crippen LogP contribution >= 0.6 is 12.4 Å². The van der Waals surface area contributed by atoms with Gasteiger partial charge in [0.2, 0.25) is 6.79 Å². The lowest BCUT2D eigenvalue weighted by molar-refractivity contribution is 0.173. The monoisotopic (exact) mass is 343 g/mol. The topological polar surface area (TPSA) is 21.7 Å². The number of hydrogen-bond donors (Lipinski definition) is 0. The number of fused-ring (bicyclic) bond motifs is 4. The zero-order valence-corrected chi connectivity index (χ0v) is 14.7. The minimum atomic E-state index is 0. The first-order valence-corrected chi connectivity index (χ1v) is 8.64. The Morgan fingerprint density at radius 1 is 1.17 bits per heavy atom. The van der Waals surface area contributed by atoms with Crippen LogP contribution in [0.2, 0.25) is 0 Å². The van der Waals surface area contributed by atoms with E-state index in [4.69, 9.17) is 9.47 Å². The van der Waals surface area contributed by atoms with Gasteiger partial charge in [-0.15, -0.1) is 12.4 Å². The van der Waals surface area contributed by atoms with Crippen LogP contribution in [0.25, 0.3) is 11.1 Å². The summed E-state index contributed by atoms with van der Waals surface area (Å²) in [5.74, 6) is 1.89. The van der Waals surface area contributed by atoms with Crippen LogP contribution in [0.1, 0.15) is 36.1 Å². The van der Waals surface area contributed by atoms with E-state index in [9.17, 15) is 0 Å². The molecule has 2 aliphatic heterocycles. The molecule has 4 heteroatoms. The van der Waals surface area contributed by atoms with Gasteiger partial charge < -0.3 is 9.47 Å². The van der Waals surface area contributed by atoms with E-state index in [1.165, 1.54) is 40.8 Å². The van der Waals surface area contributed by atoms with Gasteiger partial charge in [0.15, 0.2) is 11.5 Å². The molecule has 2 aromatic carbocycles. The van der Waals surface area contributed by atoms with Crippen molar-refractivity contribution in [2.24, 2.45) is 0 Å². The van der Waals surface area contributed by atoms with Crippen molar-refractivity contribution in [1.82, 2.24) is 4.90 Å². The lowest BCUT2D eigenvalue weighted by Gasteiger charge is -2.41. The summed E-state index contributed by atoms with van der Waals surface area (Å²) >= 11 is 0. The van der Waals surface area contributed by atoms with Gasteiger partial charge in [-0.25, -0.2) is 0 Å². The molecule has 0 radical (unpaired) electrons. The SMILES string of the molecule is CCCN1CCc2cc3c(c4c2[C@@H]1Cc1ccccc1-4)OCO3.Cl. The molecule has 0 unspecified atom stereocenters. The van der Waals surface area contributed by atoms with Crippen LogP contribution in [0.15, 0.2) is 30.3 Å². The summed E-state index contributed by atoms with van der Waals surface area (Å²) in [6.07, 6.45) is 3.42. The Hall–Kier alpha value is -1.71. The smallest absolute Gasteiger partial charge is 0.231 e. The molecular formula is C20H22ClNO2. The highest BCUT2D eigenvalue weighted by Gasteiger charge is 2.38. The normalized spacial score (nSPS) is 20.1. The summed E-state index contributed by atoms with van der Waals surface area (Å²) in [6, 6.07) is 11.5. The molecule has 24 heavy (non-hydrogen) atoms. The average Bonchev–Trinajstić information content (AvgIpc) is 3.05. The molecule has 1 aliphatic carbocycles. The fourth-order valence-electron chi connectivity index (χ4n) is 4.50. The van der Waals surface area contributed by atoms with Crippen LogP contribution in [-0.4, -0.2) is 24.8 Å². The van der Waals surface area contributed by atoms with Crippen molar-refractivity contribution in [3.63, 3.8) is 0 Å². The minimum absolute atomic E-state index is 0. The predicted octanol–water partition coefficient (Wildman–Crippen LogP) is 4.37. The summed E-state index contributed by atoms with van der Waals surface area (Å²) in [5, 5.41) is 0. The fraction of sp³-hybridized carbons (Fsp3) is 0.400. The third-order valence-corrected chi connectivity index (χ3v) is 5.44. The third-order valence-electron chi connectivity index (χ3n) is 5.44. The molecule has 2 heterocycles. The summed E-state index contributed by atoms with van der Waals surface area (Å²) < 4.78 is 11.6. The van der Waals surface area contributed by atoms with Crippen molar-refractivity contribution in [2.45, 2.75) is 32.2 Å². The molecule has 0 saturated heterocycles. The molecule has 1 atom stereocenters. The van der Waals surface area contributed by atoms with Crippen molar-refractivity contribution in [2.75, 3.05) is 19.9 Å². The Balaban J connectivity index is 0.00000146. The van der Waals surface area contributed by atoms with Gasteiger partial charge >= 0.3 is 0 Å². The molecule has 0 amide bonds. The molecule has 5 rings (SSSR count). The van der Waals surface area contributed by atoms with Crippen molar-refractivity contribution in [3.8, 4) is 22.6 Å². The molecule has 0 bridgehead atoms. The molecule has 0 N–H and O–H groups in total. The maximum atomic E-state index is 5.88. The van der Waals surface area contributed by atoms with Gasteiger partial charge in [0.1, 0.15) is 0 Å². The Bertz CT molecular complexity index is 789. The Kier molecular flexibility index (Phi) is 3.93. The second kappa shape index (κ2) is 5.98. The zero-order valence-electron chi connectivity index (χ0n) is 13.9. The van der Waals surface area contributed by atoms with E-state index in [-0.39, 0.29) is 12.4 Å². The fourth-order valence-corrected chi connectivity index (χ4v) is 4.50. The van der Waals surface area contributed by atoms with Crippen LogP contribution in [0, 0.1) is 0 Å². The quantitative estimate of drug-likeness (QED) is 0.808. The minimum Gasteiger partial charge on any atom is -0.454 e. The molecule has 0 saturated carbocycles. The standard InChI is InChI=1S/C20H21NO2.ClH/c1-2-8-21-9-7-14-11-17-20(23-12-22-17)19-15-6-4-3-5-13(15)10-16(21)18(14)19;/h3-6,11,16H,2,7-10,12H2,1H3;1H/t16-;/m0./s1. The highest BCUT2D eigenvalue weighted by atomic mass is 35.5. The van der Waals surface area contributed by atoms with Crippen LogP contribution in [0.5, 0.6) is 11.5 Å². The van der Waals surface area contributed by atoms with Crippen molar-refractivity contribution in [1.29, 1.82) is 0 Å². The number of nitrogens with zero attached hydrogens (tertiary/aromatic N) is 1. The Labute approximate surface area is 149 Å². The predicted molar refractivity (Wildman–Crippen MR) is 97.3 cm³/mol. The van der Waals surface area contributed by atoms with E-state index in [2.05, 4.69) is 42.2 Å². The lowest BCUT2D eigenvalue weighted by Crippen LogP contribution is -2.38. The molecule has 0 fully saturated rings. The van der Waals surface area contributed by atoms with Gasteiger partial charge in [0.25, 0.3) is 0 Å². The third kappa shape index (κ3) is 2.15. The maximum absolute atomic E-state index is 5.88. The summed E-state index contributed by atoms with van der Waals surface area (Å²) in [7, 11) is 0. The zero-order chi connectivity index (χ0) is 15.4. The Morgan fingerprint density at radius 3 is 2.92 bits per heavy atom. The maximum Gasteiger partial charge on any atom is 0.231 e. The highest BCUT2D eigenvalue weighted by molar-refractivity contribution is 5.85. The first-order chi connectivity index (χ1) is 11.4. The summed E-state index contributed by atoms with van der Waals surface area (Å²) in [4.78, 5) is 2.66. The molecule has 0 spiro atoms. The number of hydrogen-bond acceptors (Lipinski definition) is 3. The number of halogens is 1. The first kappa shape index (κ1) is 15.8. The van der Waals surface area contributed by atoms with Crippen LogP contribution < -0.4 is 9.47 Å². The molecule has 126 valence electrons. The number of rotatable bonds is 2. The van der Waals surface area contributed by atoms with Gasteiger partial charge in [-0.2, -0.15) is 0 Å². The van der Waals surface area contributed by atoms with Gasteiger partial charge in [-0.05, 0) is 54.1 Å². The van der Waals surface area contributed by atoms with Gasteiger partial charge in [-0.3, -0.25) is 4.90 Å². The van der Waals surface area contributed by atoms with Gasteiger partial charge in [0, 0.05) is 18.2 Å². The second-order valence-corrected chi connectivity index (χ2v) is 6.72. The average molecular weight is 344 g/mol. The van der Waals surface area contributed by atoms with Gasteiger partial charge in [-0.1, -0.05) is 31.2 Å². The second-order valence-electron chi connectivity index (χ2n) is 6.72. The first-order valence-electron chi connectivity index (χ1n) is 8.64. The van der Waals surface area contributed by atoms with Crippen molar-refractivity contribution in [3.05, 3.63) is 47.0 Å². The number of benzene rings is 2. The molecule has 2 aromatic rings. The van der Waals surface area contributed by atoms with E-state index in [1.807, 2.05) is 0 Å². The van der Waals surface area contributed by atoms with E-state index in [0.717, 1.165) is 30.9 Å². The molecule has 0 aromatic heterocycles.